The molecule has 1 aliphatic rings. The summed E-state index contributed by atoms with van der Waals surface area (Å²) in [5.41, 5.74) is 0. The van der Waals surface area contributed by atoms with Crippen LogP contribution in [0.5, 0.6) is 0 Å². The first kappa shape index (κ1) is 10.7. The zero-order chi connectivity index (χ0) is 9.84. The van der Waals surface area contributed by atoms with Crippen molar-refractivity contribution in [1.82, 2.24) is 10.6 Å². The fourth-order valence-electron chi connectivity index (χ4n) is 1.22. The number of rotatable bonds is 3. The van der Waals surface area contributed by atoms with E-state index in [2.05, 4.69) is 33.1 Å². The molecule has 1 fully saturated rings. The number of aliphatic hydroxyl groups excluding tert-OH is 1. The van der Waals surface area contributed by atoms with Gasteiger partial charge in [-0.25, -0.2) is 0 Å². The van der Waals surface area contributed by atoms with Crippen molar-refractivity contribution in [3.05, 3.63) is 11.1 Å². The van der Waals surface area contributed by atoms with Gasteiger partial charge in [0.05, 0.1) is 12.1 Å². The first-order chi connectivity index (χ1) is 6.09. The maximum Gasteiger partial charge on any atom is 0.237 e. The second kappa shape index (κ2) is 4.74. The molecule has 13 heavy (non-hydrogen) atoms. The normalized spacial score (nSPS) is 27.2. The van der Waals surface area contributed by atoms with Crippen LogP contribution in [0.3, 0.4) is 0 Å². The summed E-state index contributed by atoms with van der Waals surface area (Å²) < 4.78 is 0.736. The molecule has 0 spiro atoms. The van der Waals surface area contributed by atoms with Crippen molar-refractivity contribution in [2.45, 2.75) is 18.6 Å². The number of amides is 1. The molecule has 2 unspecified atom stereocenters. The molecule has 0 saturated carbocycles. The van der Waals surface area contributed by atoms with E-state index >= 15 is 0 Å². The summed E-state index contributed by atoms with van der Waals surface area (Å²) >= 11 is 3.14. The van der Waals surface area contributed by atoms with E-state index < -0.39 is 6.10 Å². The smallest absolute Gasteiger partial charge is 0.237 e. The molecule has 3 N–H and O–H groups in total. The number of carbonyl (C=O) groups excluding carboxylic acids is 1. The fourth-order valence-corrected chi connectivity index (χ4v) is 1.36. The van der Waals surface area contributed by atoms with Crippen molar-refractivity contribution in [3.8, 4) is 0 Å². The minimum absolute atomic E-state index is 0.0860. The van der Waals surface area contributed by atoms with E-state index in [9.17, 15) is 4.79 Å². The third kappa shape index (κ3) is 3.46. The highest BCUT2D eigenvalue weighted by Gasteiger charge is 2.27. The summed E-state index contributed by atoms with van der Waals surface area (Å²) in [6, 6.07) is -0.262. The van der Waals surface area contributed by atoms with Crippen LogP contribution in [0.1, 0.15) is 6.42 Å². The molecule has 1 amide bonds. The van der Waals surface area contributed by atoms with Crippen molar-refractivity contribution in [2.24, 2.45) is 0 Å². The Morgan fingerprint density at radius 3 is 2.92 bits per heavy atom. The van der Waals surface area contributed by atoms with Gasteiger partial charge in [0.2, 0.25) is 5.91 Å². The van der Waals surface area contributed by atoms with Crippen LogP contribution in [-0.4, -0.2) is 36.2 Å². The van der Waals surface area contributed by atoms with Crippen molar-refractivity contribution in [3.63, 3.8) is 0 Å². The van der Waals surface area contributed by atoms with Gasteiger partial charge in [0.1, 0.15) is 0 Å². The zero-order valence-electron chi connectivity index (χ0n) is 7.22. The van der Waals surface area contributed by atoms with Crippen molar-refractivity contribution < 1.29 is 9.90 Å². The third-order valence-electron chi connectivity index (χ3n) is 1.88. The first-order valence-electron chi connectivity index (χ1n) is 4.12. The number of hydrogen-bond acceptors (Lipinski definition) is 3. The Morgan fingerprint density at radius 1 is 1.77 bits per heavy atom. The van der Waals surface area contributed by atoms with Crippen LogP contribution in [0, 0.1) is 0 Å². The van der Waals surface area contributed by atoms with Gasteiger partial charge in [0, 0.05) is 17.6 Å². The molecule has 74 valence electrons. The molecule has 0 aliphatic carbocycles. The van der Waals surface area contributed by atoms with Gasteiger partial charge >= 0.3 is 0 Å². The van der Waals surface area contributed by atoms with E-state index in [1.807, 2.05) is 0 Å². The average molecular weight is 249 g/mol. The summed E-state index contributed by atoms with van der Waals surface area (Å²) in [7, 11) is 0. The monoisotopic (exact) mass is 248 g/mol. The molecule has 0 radical (unpaired) electrons. The molecule has 0 bridgehead atoms. The van der Waals surface area contributed by atoms with Crippen molar-refractivity contribution in [1.29, 1.82) is 0 Å². The average Bonchev–Trinajstić information content (AvgIpc) is 2.47. The predicted octanol–water partition coefficient (Wildman–Crippen LogP) is -0.266. The quantitative estimate of drug-likeness (QED) is 0.645. The Morgan fingerprint density at radius 2 is 2.46 bits per heavy atom. The van der Waals surface area contributed by atoms with Crippen LogP contribution in [0.15, 0.2) is 11.1 Å². The van der Waals surface area contributed by atoms with Gasteiger partial charge in [-0.1, -0.05) is 22.5 Å². The molecule has 0 aromatic heterocycles. The van der Waals surface area contributed by atoms with Crippen LogP contribution in [0.2, 0.25) is 0 Å². The predicted molar refractivity (Wildman–Crippen MR) is 53.5 cm³/mol. The van der Waals surface area contributed by atoms with Gasteiger partial charge < -0.3 is 15.7 Å². The van der Waals surface area contributed by atoms with Gasteiger partial charge in [-0.3, -0.25) is 4.79 Å². The zero-order valence-corrected chi connectivity index (χ0v) is 8.80. The maximum atomic E-state index is 11.3. The summed E-state index contributed by atoms with van der Waals surface area (Å²) in [5, 5.41) is 14.8. The Balaban J connectivity index is 2.27. The molecular formula is C8H13BrN2O2. The number of β-amino-alcohol motifs (C(OH)–C–C–N with tert-alkyl or cyclic N) is 1. The Labute approximate surface area is 85.5 Å². The lowest BCUT2D eigenvalue weighted by atomic mass is 10.2. The Bertz CT molecular complexity index is 220. The molecule has 4 nitrogen and oxygen atoms in total. The Hall–Kier alpha value is -0.390. The second-order valence-electron chi connectivity index (χ2n) is 3.09. The fraction of sp³-hybridized carbons (Fsp3) is 0.625. The van der Waals surface area contributed by atoms with E-state index in [0.717, 1.165) is 4.48 Å². The van der Waals surface area contributed by atoms with E-state index in [1.54, 1.807) is 0 Å². The maximum absolute atomic E-state index is 11.3. The molecule has 0 aromatic carbocycles. The molecule has 1 saturated heterocycles. The highest BCUT2D eigenvalue weighted by molar-refractivity contribution is 9.11. The van der Waals surface area contributed by atoms with Gasteiger partial charge in [-0.05, 0) is 6.42 Å². The summed E-state index contributed by atoms with van der Waals surface area (Å²) in [6.07, 6.45) is 0.0866. The summed E-state index contributed by atoms with van der Waals surface area (Å²) in [6.45, 7) is 4.52. The largest absolute Gasteiger partial charge is 0.392 e. The minimum atomic E-state index is -0.400. The van der Waals surface area contributed by atoms with Gasteiger partial charge in [0.25, 0.3) is 0 Å². The molecule has 1 aliphatic heterocycles. The number of halogens is 1. The second-order valence-corrected chi connectivity index (χ2v) is 4.21. The first-order valence-corrected chi connectivity index (χ1v) is 4.91. The number of aliphatic hydroxyl groups is 1. The lowest BCUT2D eigenvalue weighted by Gasteiger charge is -2.09. The third-order valence-corrected chi connectivity index (χ3v) is 2.16. The van der Waals surface area contributed by atoms with Crippen LogP contribution >= 0.6 is 15.9 Å². The van der Waals surface area contributed by atoms with Crippen LogP contribution < -0.4 is 10.6 Å². The van der Waals surface area contributed by atoms with Gasteiger partial charge in [-0.2, -0.15) is 0 Å². The molecule has 1 heterocycles. The van der Waals surface area contributed by atoms with Crippen LogP contribution in [-0.2, 0) is 4.79 Å². The summed E-state index contributed by atoms with van der Waals surface area (Å²) in [5.74, 6) is -0.0860. The lowest BCUT2D eigenvalue weighted by Crippen LogP contribution is -2.40. The Kier molecular flexibility index (Phi) is 3.90. The topological polar surface area (TPSA) is 61.4 Å². The minimum Gasteiger partial charge on any atom is -0.392 e. The summed E-state index contributed by atoms with van der Waals surface area (Å²) in [4.78, 5) is 11.3. The molecule has 5 heteroatoms. The van der Waals surface area contributed by atoms with E-state index in [4.69, 9.17) is 5.11 Å². The standard InChI is InChI=1S/C8H13BrN2O2/c1-5(9)3-11-8(13)7-2-6(12)4-10-7/h6-7,10,12H,1-4H2,(H,11,13). The van der Waals surface area contributed by atoms with Crippen LogP contribution in [0.25, 0.3) is 0 Å². The lowest BCUT2D eigenvalue weighted by molar-refractivity contribution is -0.122. The van der Waals surface area contributed by atoms with E-state index in [1.165, 1.54) is 0 Å². The number of hydrogen-bond donors (Lipinski definition) is 3. The van der Waals surface area contributed by atoms with Crippen molar-refractivity contribution in [2.75, 3.05) is 13.1 Å². The van der Waals surface area contributed by atoms with E-state index in [0.29, 0.717) is 19.5 Å². The van der Waals surface area contributed by atoms with E-state index in [-0.39, 0.29) is 11.9 Å². The molecule has 2 atom stereocenters. The molecular weight excluding hydrogens is 236 g/mol. The molecule has 1 rings (SSSR count). The van der Waals surface area contributed by atoms with Gasteiger partial charge in [0.15, 0.2) is 0 Å². The van der Waals surface area contributed by atoms with Gasteiger partial charge in [-0.15, -0.1) is 0 Å². The number of carbonyl (C=O) groups is 1. The van der Waals surface area contributed by atoms with Crippen LogP contribution in [0.4, 0.5) is 0 Å². The highest BCUT2D eigenvalue weighted by atomic mass is 79.9. The van der Waals surface area contributed by atoms with Crippen molar-refractivity contribution >= 4 is 21.8 Å². The SMILES string of the molecule is C=C(Br)CNC(=O)C1CC(O)CN1. The number of nitrogens with one attached hydrogen (secondary N) is 2. The highest BCUT2D eigenvalue weighted by Crippen LogP contribution is 2.06. The molecule has 0 aromatic rings.